The standard InChI is InChI=1S/C24H27N3O4/c1-15(29)26-12-20-23(21(14-28)27(20)22(30)13-26)18-8-4-16(5-9-18)17-6-10-19(11-7-17)24(31)25(2)3/h4-11,20-21,23,28H,12-14H2,1-3H3/t20-,21-,23+/m0/s1. The molecule has 7 nitrogen and oxygen atoms in total. The summed E-state index contributed by atoms with van der Waals surface area (Å²) < 4.78 is 0. The second-order valence-corrected chi connectivity index (χ2v) is 8.44. The number of piperazine rings is 1. The van der Waals surface area contributed by atoms with Gasteiger partial charge in [-0.2, -0.15) is 0 Å². The molecule has 3 amide bonds. The molecule has 2 aromatic rings. The molecule has 0 unspecified atom stereocenters. The number of carbonyl (C=O) groups is 3. The molecule has 0 bridgehead atoms. The van der Waals surface area contributed by atoms with Gasteiger partial charge < -0.3 is 19.8 Å². The first-order valence-corrected chi connectivity index (χ1v) is 10.4. The van der Waals surface area contributed by atoms with E-state index in [0.29, 0.717) is 12.1 Å². The fraction of sp³-hybridized carbons (Fsp3) is 0.375. The van der Waals surface area contributed by atoms with Gasteiger partial charge in [0, 0.05) is 39.0 Å². The first-order chi connectivity index (χ1) is 14.8. The SMILES string of the molecule is CC(=O)N1CC(=O)N2[C@@H](CO)[C@H](c3ccc(-c4ccc(C(=O)N(C)C)cc4)cc3)[C@@H]2C1. The maximum Gasteiger partial charge on any atom is 0.253 e. The van der Waals surface area contributed by atoms with Gasteiger partial charge in [0.2, 0.25) is 11.8 Å². The molecule has 2 aromatic carbocycles. The highest BCUT2D eigenvalue weighted by atomic mass is 16.3. The average molecular weight is 421 g/mol. The molecule has 1 N–H and O–H groups in total. The molecule has 7 heteroatoms. The summed E-state index contributed by atoms with van der Waals surface area (Å²) in [6.07, 6.45) is 0. The first-order valence-electron chi connectivity index (χ1n) is 10.4. The first kappa shape index (κ1) is 21.1. The van der Waals surface area contributed by atoms with Gasteiger partial charge in [0.05, 0.1) is 25.2 Å². The van der Waals surface area contributed by atoms with E-state index >= 15 is 0 Å². The molecule has 2 aliphatic rings. The molecule has 0 aliphatic carbocycles. The van der Waals surface area contributed by atoms with E-state index in [1.54, 1.807) is 28.8 Å². The van der Waals surface area contributed by atoms with Gasteiger partial charge in [-0.05, 0) is 28.8 Å². The summed E-state index contributed by atoms with van der Waals surface area (Å²) >= 11 is 0. The summed E-state index contributed by atoms with van der Waals surface area (Å²) in [4.78, 5) is 41.2. The van der Waals surface area contributed by atoms with Crippen LogP contribution in [0.3, 0.4) is 0 Å². The summed E-state index contributed by atoms with van der Waals surface area (Å²) in [6.45, 7) is 1.95. The smallest absolute Gasteiger partial charge is 0.253 e. The Morgan fingerprint density at radius 1 is 1.03 bits per heavy atom. The molecule has 3 atom stereocenters. The molecule has 0 saturated carbocycles. The van der Waals surface area contributed by atoms with E-state index in [4.69, 9.17) is 0 Å². The third-order valence-corrected chi connectivity index (χ3v) is 6.36. The van der Waals surface area contributed by atoms with Crippen molar-refractivity contribution in [3.63, 3.8) is 0 Å². The minimum Gasteiger partial charge on any atom is -0.394 e. The van der Waals surface area contributed by atoms with Gasteiger partial charge in [-0.3, -0.25) is 14.4 Å². The van der Waals surface area contributed by atoms with Crippen LogP contribution in [0.5, 0.6) is 0 Å². The Morgan fingerprint density at radius 2 is 1.61 bits per heavy atom. The fourth-order valence-electron chi connectivity index (χ4n) is 4.70. The van der Waals surface area contributed by atoms with Gasteiger partial charge in [0.1, 0.15) is 0 Å². The van der Waals surface area contributed by atoms with Crippen LogP contribution in [0.4, 0.5) is 0 Å². The number of benzene rings is 2. The number of hydrogen-bond acceptors (Lipinski definition) is 4. The lowest BCUT2D eigenvalue weighted by Crippen LogP contribution is -2.73. The van der Waals surface area contributed by atoms with E-state index in [-0.39, 0.29) is 48.9 Å². The van der Waals surface area contributed by atoms with Crippen molar-refractivity contribution in [2.24, 2.45) is 0 Å². The van der Waals surface area contributed by atoms with Crippen molar-refractivity contribution in [3.05, 3.63) is 59.7 Å². The molecular formula is C24H27N3O4. The lowest BCUT2D eigenvalue weighted by atomic mass is 9.73. The van der Waals surface area contributed by atoms with Crippen LogP contribution in [0, 0.1) is 0 Å². The van der Waals surface area contributed by atoms with Gasteiger partial charge in [-0.1, -0.05) is 36.4 Å². The molecule has 2 saturated heterocycles. The number of aliphatic hydroxyl groups excluding tert-OH is 1. The molecule has 0 aromatic heterocycles. The lowest BCUT2D eigenvalue weighted by molar-refractivity contribution is -0.166. The monoisotopic (exact) mass is 421 g/mol. The Balaban J connectivity index is 1.54. The van der Waals surface area contributed by atoms with Crippen LogP contribution in [-0.2, 0) is 9.59 Å². The molecular weight excluding hydrogens is 394 g/mol. The van der Waals surface area contributed by atoms with Crippen LogP contribution in [0.15, 0.2) is 48.5 Å². The number of hydrogen-bond donors (Lipinski definition) is 1. The molecule has 0 radical (unpaired) electrons. The van der Waals surface area contributed by atoms with Gasteiger partial charge in [0.25, 0.3) is 5.91 Å². The zero-order chi connectivity index (χ0) is 22.3. The van der Waals surface area contributed by atoms with Crippen molar-refractivity contribution in [3.8, 4) is 11.1 Å². The maximum absolute atomic E-state index is 12.5. The molecule has 2 fully saturated rings. The van der Waals surface area contributed by atoms with E-state index in [0.717, 1.165) is 16.7 Å². The minimum atomic E-state index is -0.256. The van der Waals surface area contributed by atoms with Crippen molar-refractivity contribution in [2.45, 2.75) is 24.9 Å². The molecule has 2 heterocycles. The number of amides is 3. The van der Waals surface area contributed by atoms with Crippen molar-refractivity contribution >= 4 is 17.7 Å². The number of fused-ring (bicyclic) bond motifs is 1. The second-order valence-electron chi connectivity index (χ2n) is 8.44. The van der Waals surface area contributed by atoms with Crippen molar-refractivity contribution in [1.82, 2.24) is 14.7 Å². The highest BCUT2D eigenvalue weighted by molar-refractivity contribution is 5.94. The summed E-state index contributed by atoms with van der Waals surface area (Å²) in [7, 11) is 3.46. The second kappa shape index (κ2) is 8.15. The number of carbonyl (C=O) groups excluding carboxylic acids is 3. The van der Waals surface area contributed by atoms with Gasteiger partial charge in [0.15, 0.2) is 0 Å². The van der Waals surface area contributed by atoms with Crippen molar-refractivity contribution in [1.29, 1.82) is 0 Å². The summed E-state index contributed by atoms with van der Waals surface area (Å²) in [5, 5.41) is 9.89. The highest BCUT2D eigenvalue weighted by Crippen LogP contribution is 2.43. The van der Waals surface area contributed by atoms with E-state index in [9.17, 15) is 19.5 Å². The van der Waals surface area contributed by atoms with E-state index in [1.807, 2.05) is 48.5 Å². The molecule has 0 spiro atoms. The normalized spacial score (nSPS) is 22.6. The summed E-state index contributed by atoms with van der Waals surface area (Å²) in [5.74, 6) is -0.255. The van der Waals surface area contributed by atoms with Crippen molar-refractivity contribution < 1.29 is 19.5 Å². The average Bonchev–Trinajstić information content (AvgIpc) is 2.75. The predicted molar refractivity (Wildman–Crippen MR) is 116 cm³/mol. The van der Waals surface area contributed by atoms with Crippen LogP contribution >= 0.6 is 0 Å². The quantitative estimate of drug-likeness (QED) is 0.813. The number of aliphatic hydroxyl groups is 1. The van der Waals surface area contributed by atoms with Gasteiger partial charge in [-0.25, -0.2) is 0 Å². The molecule has 162 valence electrons. The zero-order valence-corrected chi connectivity index (χ0v) is 18.0. The van der Waals surface area contributed by atoms with E-state index < -0.39 is 0 Å². The molecule has 31 heavy (non-hydrogen) atoms. The topological polar surface area (TPSA) is 81.2 Å². The third kappa shape index (κ3) is 3.70. The van der Waals surface area contributed by atoms with Gasteiger partial charge >= 0.3 is 0 Å². The lowest BCUT2D eigenvalue weighted by Gasteiger charge is -2.58. The Morgan fingerprint density at radius 3 is 2.13 bits per heavy atom. The van der Waals surface area contributed by atoms with Crippen LogP contribution in [0.1, 0.15) is 28.8 Å². The highest BCUT2D eigenvalue weighted by Gasteiger charge is 2.54. The van der Waals surface area contributed by atoms with Crippen LogP contribution < -0.4 is 0 Å². The minimum absolute atomic E-state index is 0.00904. The maximum atomic E-state index is 12.5. The fourth-order valence-corrected chi connectivity index (χ4v) is 4.70. The Kier molecular flexibility index (Phi) is 5.54. The summed E-state index contributed by atoms with van der Waals surface area (Å²) in [5.41, 5.74) is 3.71. The predicted octanol–water partition coefficient (Wildman–Crippen LogP) is 1.57. The van der Waals surface area contributed by atoms with Crippen molar-refractivity contribution in [2.75, 3.05) is 33.8 Å². The summed E-state index contributed by atoms with van der Waals surface area (Å²) in [6, 6.07) is 15.2. The Bertz CT molecular complexity index is 1000. The molecule has 4 rings (SSSR count). The Hall–Kier alpha value is -3.19. The van der Waals surface area contributed by atoms with Crippen LogP contribution in [0.2, 0.25) is 0 Å². The number of rotatable bonds is 4. The Labute approximate surface area is 181 Å². The van der Waals surface area contributed by atoms with Crippen LogP contribution in [0.25, 0.3) is 11.1 Å². The number of nitrogens with zero attached hydrogens (tertiary/aromatic N) is 3. The van der Waals surface area contributed by atoms with E-state index in [2.05, 4.69) is 0 Å². The van der Waals surface area contributed by atoms with Crippen LogP contribution in [-0.4, -0.2) is 83.4 Å². The third-order valence-electron chi connectivity index (χ3n) is 6.36. The van der Waals surface area contributed by atoms with Gasteiger partial charge in [-0.15, -0.1) is 0 Å². The largest absolute Gasteiger partial charge is 0.394 e. The van der Waals surface area contributed by atoms with E-state index in [1.165, 1.54) is 6.92 Å². The zero-order valence-electron chi connectivity index (χ0n) is 18.0. The molecule has 2 aliphatic heterocycles.